The van der Waals surface area contributed by atoms with Gasteiger partial charge in [-0.3, -0.25) is 4.79 Å². The van der Waals surface area contributed by atoms with E-state index >= 15 is 0 Å². The predicted octanol–water partition coefficient (Wildman–Crippen LogP) is 3.43. The number of aliphatic hydroxyl groups is 1. The number of benzene rings is 1. The lowest BCUT2D eigenvalue weighted by Crippen LogP contribution is -2.35. The van der Waals surface area contributed by atoms with Crippen LogP contribution in [0, 0.1) is 0 Å². The zero-order valence-corrected chi connectivity index (χ0v) is 17.0. The number of rotatable bonds is 3. The molecule has 1 aromatic carbocycles. The van der Waals surface area contributed by atoms with Gasteiger partial charge in [0.25, 0.3) is 5.91 Å². The van der Waals surface area contributed by atoms with Crippen molar-refractivity contribution in [3.05, 3.63) is 70.8 Å². The number of nitrogens with zero attached hydrogens (tertiary/aromatic N) is 4. The maximum atomic E-state index is 12.3. The van der Waals surface area contributed by atoms with Crippen LogP contribution < -0.4 is 4.90 Å². The van der Waals surface area contributed by atoms with Crippen molar-refractivity contribution >= 4 is 29.3 Å². The number of fused-ring (bicyclic) bond motifs is 1. The van der Waals surface area contributed by atoms with Gasteiger partial charge >= 0.3 is 0 Å². The molecule has 0 aliphatic carbocycles. The standard InChI is InChI=1S/C22H19ClN4O3/c1-26-10-7-22(29,21(26)28)19-12-18(25-30-19)15-3-2-4-16(11-15)27-9-6-14-5-8-24-20(23)17(14)13-27/h2-6,8-9,11-12,29H,7,10,13H2,1H3/t22-/m1/s1. The third-order valence-electron chi connectivity index (χ3n) is 5.70. The molecule has 2 aliphatic heterocycles. The zero-order valence-electron chi connectivity index (χ0n) is 16.2. The molecule has 1 saturated heterocycles. The highest BCUT2D eigenvalue weighted by molar-refractivity contribution is 6.30. The molecule has 2 aromatic heterocycles. The molecule has 1 amide bonds. The van der Waals surface area contributed by atoms with Crippen LogP contribution in [0.5, 0.6) is 0 Å². The lowest BCUT2D eigenvalue weighted by molar-refractivity contribution is -0.144. The van der Waals surface area contributed by atoms with Gasteiger partial charge in [-0.1, -0.05) is 28.9 Å². The van der Waals surface area contributed by atoms with Gasteiger partial charge in [-0.15, -0.1) is 0 Å². The number of hydrogen-bond donors (Lipinski definition) is 1. The monoisotopic (exact) mass is 422 g/mol. The average Bonchev–Trinajstić information content (AvgIpc) is 3.37. The van der Waals surface area contributed by atoms with E-state index in [1.165, 1.54) is 4.90 Å². The Morgan fingerprint density at radius 3 is 2.93 bits per heavy atom. The van der Waals surface area contributed by atoms with Crippen molar-refractivity contribution < 1.29 is 14.4 Å². The molecule has 0 unspecified atom stereocenters. The summed E-state index contributed by atoms with van der Waals surface area (Å²) in [5.41, 5.74) is 2.71. The molecular weight excluding hydrogens is 404 g/mol. The van der Waals surface area contributed by atoms with E-state index in [2.05, 4.69) is 15.0 Å². The molecular formula is C22H19ClN4O3. The normalized spacial score (nSPS) is 20.7. The molecule has 0 spiro atoms. The predicted molar refractivity (Wildman–Crippen MR) is 113 cm³/mol. The SMILES string of the molecule is CN1CC[C@@](O)(c2cc(-c3cccc(N4C=Cc5ccnc(Cl)c5C4)c3)no2)C1=O. The van der Waals surface area contributed by atoms with E-state index in [0.29, 0.717) is 23.9 Å². The quantitative estimate of drug-likeness (QED) is 0.651. The average molecular weight is 423 g/mol. The second kappa shape index (κ2) is 6.97. The summed E-state index contributed by atoms with van der Waals surface area (Å²) in [7, 11) is 1.66. The number of halogens is 1. The van der Waals surface area contributed by atoms with E-state index in [-0.39, 0.29) is 18.1 Å². The first-order chi connectivity index (χ1) is 14.5. The van der Waals surface area contributed by atoms with E-state index in [0.717, 1.165) is 22.4 Å². The van der Waals surface area contributed by atoms with Crippen LogP contribution in [0.2, 0.25) is 5.15 Å². The summed E-state index contributed by atoms with van der Waals surface area (Å²) in [5, 5.41) is 15.4. The van der Waals surface area contributed by atoms with Gasteiger partial charge in [-0.2, -0.15) is 0 Å². The van der Waals surface area contributed by atoms with E-state index < -0.39 is 5.60 Å². The molecule has 1 atom stereocenters. The number of aromatic nitrogens is 2. The molecule has 3 aromatic rings. The van der Waals surface area contributed by atoms with Gasteiger partial charge in [0.05, 0.1) is 6.54 Å². The second-order valence-corrected chi connectivity index (χ2v) is 7.93. The first kappa shape index (κ1) is 18.8. The van der Waals surface area contributed by atoms with Gasteiger partial charge in [0.2, 0.25) is 5.60 Å². The molecule has 8 heteroatoms. The van der Waals surface area contributed by atoms with E-state index in [4.69, 9.17) is 16.1 Å². The maximum Gasteiger partial charge on any atom is 0.262 e. The summed E-state index contributed by atoms with van der Waals surface area (Å²) in [4.78, 5) is 20.1. The third kappa shape index (κ3) is 2.98. The smallest absolute Gasteiger partial charge is 0.262 e. The summed E-state index contributed by atoms with van der Waals surface area (Å²) in [6, 6.07) is 11.4. The number of pyridine rings is 1. The van der Waals surface area contributed by atoms with Crippen molar-refractivity contribution in [1.29, 1.82) is 0 Å². The summed E-state index contributed by atoms with van der Waals surface area (Å²) in [5.74, 6) is -0.205. The first-order valence-electron chi connectivity index (χ1n) is 9.59. The van der Waals surface area contributed by atoms with Gasteiger partial charge < -0.3 is 19.4 Å². The van der Waals surface area contributed by atoms with Gasteiger partial charge in [0.1, 0.15) is 10.8 Å². The fourth-order valence-electron chi connectivity index (χ4n) is 3.90. The molecule has 152 valence electrons. The van der Waals surface area contributed by atoms with Crippen LogP contribution in [0.3, 0.4) is 0 Å². The van der Waals surface area contributed by atoms with Crippen LogP contribution in [0.4, 0.5) is 5.69 Å². The van der Waals surface area contributed by atoms with Crippen molar-refractivity contribution in [1.82, 2.24) is 15.0 Å². The van der Waals surface area contributed by atoms with Crippen LogP contribution in [0.15, 0.2) is 53.3 Å². The van der Waals surface area contributed by atoms with Crippen LogP contribution in [0.1, 0.15) is 23.3 Å². The number of likely N-dealkylation sites (tertiary alicyclic amines) is 1. The van der Waals surface area contributed by atoms with Gasteiger partial charge in [0.15, 0.2) is 5.76 Å². The molecule has 5 rings (SSSR count). The Hall–Kier alpha value is -3.16. The maximum absolute atomic E-state index is 12.3. The zero-order chi connectivity index (χ0) is 20.9. The Morgan fingerprint density at radius 1 is 1.27 bits per heavy atom. The highest BCUT2D eigenvalue weighted by Gasteiger charge is 2.48. The molecule has 1 fully saturated rings. The first-order valence-corrected chi connectivity index (χ1v) is 9.97. The Morgan fingerprint density at radius 2 is 2.13 bits per heavy atom. The molecule has 1 N–H and O–H groups in total. The van der Waals surface area contributed by atoms with E-state index in [1.807, 2.05) is 42.6 Å². The molecule has 0 radical (unpaired) electrons. The Bertz CT molecular complexity index is 1170. The molecule has 7 nitrogen and oxygen atoms in total. The topological polar surface area (TPSA) is 82.7 Å². The molecule has 30 heavy (non-hydrogen) atoms. The van der Waals surface area contributed by atoms with E-state index in [1.54, 1.807) is 19.3 Å². The van der Waals surface area contributed by atoms with Crippen LogP contribution >= 0.6 is 11.6 Å². The minimum absolute atomic E-state index is 0.168. The van der Waals surface area contributed by atoms with Crippen molar-refractivity contribution in [3.8, 4) is 11.3 Å². The minimum atomic E-state index is -1.65. The summed E-state index contributed by atoms with van der Waals surface area (Å²) < 4.78 is 5.37. The second-order valence-electron chi connectivity index (χ2n) is 7.58. The van der Waals surface area contributed by atoms with Gasteiger partial charge in [-0.25, -0.2) is 4.98 Å². The Kier molecular flexibility index (Phi) is 4.38. The van der Waals surface area contributed by atoms with Crippen LogP contribution in [-0.2, 0) is 16.9 Å². The number of anilines is 1. The lowest BCUT2D eigenvalue weighted by atomic mass is 9.98. The largest absolute Gasteiger partial charge is 0.373 e. The number of carbonyl (C=O) groups excluding carboxylic acids is 1. The number of hydrogen-bond acceptors (Lipinski definition) is 6. The van der Waals surface area contributed by atoms with Crippen LogP contribution in [-0.4, -0.2) is 39.6 Å². The van der Waals surface area contributed by atoms with Crippen LogP contribution in [0.25, 0.3) is 17.3 Å². The van der Waals surface area contributed by atoms with Crippen molar-refractivity contribution in [2.45, 2.75) is 18.6 Å². The van der Waals surface area contributed by atoms with Gasteiger partial charge in [-0.05, 0) is 29.8 Å². The highest BCUT2D eigenvalue weighted by atomic mass is 35.5. The Labute approximate surface area is 178 Å². The minimum Gasteiger partial charge on any atom is -0.373 e. The molecule has 4 heterocycles. The van der Waals surface area contributed by atoms with E-state index in [9.17, 15) is 9.90 Å². The highest BCUT2D eigenvalue weighted by Crippen LogP contribution is 2.36. The van der Waals surface area contributed by atoms with Crippen molar-refractivity contribution in [2.75, 3.05) is 18.5 Å². The fraction of sp³-hybridized carbons (Fsp3) is 0.227. The number of carbonyl (C=O) groups is 1. The third-order valence-corrected chi connectivity index (χ3v) is 6.03. The van der Waals surface area contributed by atoms with Crippen molar-refractivity contribution in [2.24, 2.45) is 0 Å². The molecule has 0 bridgehead atoms. The van der Waals surface area contributed by atoms with Crippen molar-refractivity contribution in [3.63, 3.8) is 0 Å². The Balaban J connectivity index is 1.44. The lowest BCUT2D eigenvalue weighted by Gasteiger charge is -2.26. The molecule has 0 saturated carbocycles. The fourth-order valence-corrected chi connectivity index (χ4v) is 4.12. The summed E-state index contributed by atoms with van der Waals surface area (Å²) in [6.45, 7) is 1.08. The number of likely N-dealkylation sites (N-methyl/N-ethyl adjacent to an activating group) is 1. The molecule has 2 aliphatic rings. The summed E-state index contributed by atoms with van der Waals surface area (Å²) in [6.07, 6.45) is 5.99. The summed E-state index contributed by atoms with van der Waals surface area (Å²) >= 11 is 6.27. The van der Waals surface area contributed by atoms with Gasteiger partial charge in [0, 0.05) is 55.3 Å². The number of amides is 1.